The van der Waals surface area contributed by atoms with Gasteiger partial charge in [-0.15, -0.1) is 0 Å². The number of halogens is 2. The van der Waals surface area contributed by atoms with E-state index in [0.29, 0.717) is 11.3 Å². The number of phenols is 1. The second-order valence-electron chi connectivity index (χ2n) is 5.81. The maximum Gasteiger partial charge on any atom is 0.143 e. The van der Waals surface area contributed by atoms with Crippen LogP contribution in [-0.4, -0.2) is 11.7 Å². The van der Waals surface area contributed by atoms with Crippen molar-refractivity contribution in [2.75, 3.05) is 6.54 Å². The van der Waals surface area contributed by atoms with Gasteiger partial charge in [-0.05, 0) is 67.4 Å². The van der Waals surface area contributed by atoms with Gasteiger partial charge in [-0.2, -0.15) is 0 Å². The quantitative estimate of drug-likeness (QED) is 0.796. The number of aromatic hydroxyl groups is 1. The molecule has 0 saturated heterocycles. The number of hydrogen-bond acceptors (Lipinski definition) is 2. The summed E-state index contributed by atoms with van der Waals surface area (Å²) in [5.74, 6) is 0.864. The molecule has 0 aliphatic carbocycles. The van der Waals surface area contributed by atoms with Crippen LogP contribution in [0.3, 0.4) is 0 Å². The molecule has 0 radical (unpaired) electrons. The zero-order valence-corrected chi connectivity index (χ0v) is 14.5. The van der Waals surface area contributed by atoms with Crippen molar-refractivity contribution in [3.63, 3.8) is 0 Å². The molecule has 0 bridgehead atoms. The molecule has 102 valence electrons. The standard InChI is InChI=1S/C14H21Br2NO/c1-9(14(2,3)4)7-17-8-10-5-11(15)13(18)12(16)6-10/h5-6,9,17-18H,7-8H2,1-4H3. The Kier molecular flexibility index (Phi) is 5.68. The van der Waals surface area contributed by atoms with Crippen molar-refractivity contribution in [3.05, 3.63) is 26.6 Å². The molecule has 0 aliphatic rings. The summed E-state index contributed by atoms with van der Waals surface area (Å²) in [6.45, 7) is 10.8. The predicted octanol–water partition coefficient (Wildman–Crippen LogP) is 4.69. The van der Waals surface area contributed by atoms with Gasteiger partial charge >= 0.3 is 0 Å². The van der Waals surface area contributed by atoms with Gasteiger partial charge < -0.3 is 10.4 Å². The van der Waals surface area contributed by atoms with Crippen LogP contribution < -0.4 is 5.32 Å². The van der Waals surface area contributed by atoms with Crippen LogP contribution in [0.5, 0.6) is 5.75 Å². The molecule has 2 N–H and O–H groups in total. The Morgan fingerprint density at radius 3 is 2.17 bits per heavy atom. The van der Waals surface area contributed by atoms with Gasteiger partial charge in [0.15, 0.2) is 0 Å². The van der Waals surface area contributed by atoms with E-state index < -0.39 is 0 Å². The molecule has 0 aliphatic heterocycles. The number of benzene rings is 1. The Hall–Kier alpha value is -0.0600. The molecule has 1 aromatic rings. The summed E-state index contributed by atoms with van der Waals surface area (Å²) in [4.78, 5) is 0. The first-order chi connectivity index (χ1) is 8.21. The minimum absolute atomic E-state index is 0.252. The maximum atomic E-state index is 9.64. The van der Waals surface area contributed by atoms with Crippen molar-refractivity contribution >= 4 is 31.9 Å². The zero-order valence-electron chi connectivity index (χ0n) is 11.3. The molecule has 0 saturated carbocycles. The molecule has 1 unspecified atom stereocenters. The summed E-state index contributed by atoms with van der Waals surface area (Å²) < 4.78 is 1.44. The van der Waals surface area contributed by atoms with E-state index >= 15 is 0 Å². The van der Waals surface area contributed by atoms with E-state index in [2.05, 4.69) is 64.9 Å². The fourth-order valence-electron chi connectivity index (χ4n) is 1.46. The fraction of sp³-hybridized carbons (Fsp3) is 0.571. The second kappa shape index (κ2) is 6.40. The first-order valence-corrected chi connectivity index (χ1v) is 7.68. The monoisotopic (exact) mass is 377 g/mol. The molecular formula is C14H21Br2NO. The first kappa shape index (κ1) is 16.0. The van der Waals surface area contributed by atoms with Crippen molar-refractivity contribution in [1.82, 2.24) is 5.32 Å². The van der Waals surface area contributed by atoms with E-state index in [-0.39, 0.29) is 5.75 Å². The average Bonchev–Trinajstić information content (AvgIpc) is 2.24. The predicted molar refractivity (Wildman–Crippen MR) is 83.8 cm³/mol. The number of nitrogens with one attached hydrogen (secondary N) is 1. The van der Waals surface area contributed by atoms with Gasteiger partial charge in [0.1, 0.15) is 5.75 Å². The van der Waals surface area contributed by atoms with E-state index in [1.807, 2.05) is 12.1 Å². The lowest BCUT2D eigenvalue weighted by molar-refractivity contribution is 0.252. The van der Waals surface area contributed by atoms with Crippen LogP contribution in [0, 0.1) is 11.3 Å². The van der Waals surface area contributed by atoms with Crippen molar-refractivity contribution < 1.29 is 5.11 Å². The SMILES string of the molecule is CC(CNCc1cc(Br)c(O)c(Br)c1)C(C)(C)C. The van der Waals surface area contributed by atoms with Crippen molar-refractivity contribution in [2.24, 2.45) is 11.3 Å². The van der Waals surface area contributed by atoms with Gasteiger partial charge in [-0.3, -0.25) is 0 Å². The third-order valence-electron chi connectivity index (χ3n) is 3.33. The summed E-state index contributed by atoms with van der Waals surface area (Å²) >= 11 is 6.68. The number of hydrogen-bond donors (Lipinski definition) is 2. The van der Waals surface area contributed by atoms with E-state index in [1.165, 1.54) is 0 Å². The molecule has 18 heavy (non-hydrogen) atoms. The molecule has 1 atom stereocenters. The van der Waals surface area contributed by atoms with Crippen molar-refractivity contribution in [1.29, 1.82) is 0 Å². The van der Waals surface area contributed by atoms with Gasteiger partial charge in [0.2, 0.25) is 0 Å². The Bertz CT molecular complexity index is 390. The molecular weight excluding hydrogens is 358 g/mol. The van der Waals surface area contributed by atoms with Crippen LogP contribution in [0.15, 0.2) is 21.1 Å². The largest absolute Gasteiger partial charge is 0.506 e. The molecule has 1 aromatic carbocycles. The topological polar surface area (TPSA) is 32.3 Å². The van der Waals surface area contributed by atoms with Crippen LogP contribution in [0.2, 0.25) is 0 Å². The van der Waals surface area contributed by atoms with E-state index in [1.54, 1.807) is 0 Å². The minimum Gasteiger partial charge on any atom is -0.506 e. The Morgan fingerprint density at radius 1 is 1.22 bits per heavy atom. The van der Waals surface area contributed by atoms with Gasteiger partial charge in [0.25, 0.3) is 0 Å². The molecule has 0 fully saturated rings. The average molecular weight is 379 g/mol. The van der Waals surface area contributed by atoms with Gasteiger partial charge in [0.05, 0.1) is 8.95 Å². The number of phenolic OH excluding ortho intramolecular Hbond substituents is 1. The lowest BCUT2D eigenvalue weighted by Gasteiger charge is -2.27. The summed E-state index contributed by atoms with van der Waals surface area (Å²) in [6.07, 6.45) is 0. The molecule has 0 spiro atoms. The van der Waals surface area contributed by atoms with Gasteiger partial charge in [-0.1, -0.05) is 27.7 Å². The van der Waals surface area contributed by atoms with Gasteiger partial charge in [0, 0.05) is 6.54 Å². The highest BCUT2D eigenvalue weighted by atomic mass is 79.9. The first-order valence-electron chi connectivity index (χ1n) is 6.09. The molecule has 2 nitrogen and oxygen atoms in total. The molecule has 4 heteroatoms. The van der Waals surface area contributed by atoms with Crippen molar-refractivity contribution in [3.8, 4) is 5.75 Å². The Labute approximate surface area is 126 Å². The minimum atomic E-state index is 0.252. The highest BCUT2D eigenvalue weighted by molar-refractivity contribution is 9.11. The molecule has 0 heterocycles. The molecule has 0 amide bonds. The summed E-state index contributed by atoms with van der Waals surface area (Å²) in [5, 5.41) is 13.1. The highest BCUT2D eigenvalue weighted by Gasteiger charge is 2.19. The van der Waals surface area contributed by atoms with Crippen LogP contribution in [-0.2, 0) is 6.54 Å². The van der Waals surface area contributed by atoms with Crippen LogP contribution in [0.4, 0.5) is 0 Å². The summed E-state index contributed by atoms with van der Waals surface area (Å²) in [5.41, 5.74) is 1.47. The summed E-state index contributed by atoms with van der Waals surface area (Å²) in [6, 6.07) is 3.88. The Balaban J connectivity index is 2.55. The Morgan fingerprint density at radius 2 is 1.72 bits per heavy atom. The van der Waals surface area contributed by atoms with E-state index in [4.69, 9.17) is 0 Å². The van der Waals surface area contributed by atoms with Crippen LogP contribution >= 0.6 is 31.9 Å². The van der Waals surface area contributed by atoms with E-state index in [0.717, 1.165) is 27.6 Å². The smallest absolute Gasteiger partial charge is 0.143 e. The van der Waals surface area contributed by atoms with Crippen LogP contribution in [0.1, 0.15) is 33.3 Å². The lowest BCUT2D eigenvalue weighted by atomic mass is 9.82. The normalized spacial score (nSPS) is 13.7. The zero-order chi connectivity index (χ0) is 13.9. The third kappa shape index (κ3) is 4.56. The second-order valence-corrected chi connectivity index (χ2v) is 7.51. The van der Waals surface area contributed by atoms with E-state index in [9.17, 15) is 5.11 Å². The maximum absolute atomic E-state index is 9.64. The molecule has 1 rings (SSSR count). The lowest BCUT2D eigenvalue weighted by Crippen LogP contribution is -2.29. The van der Waals surface area contributed by atoms with Crippen LogP contribution in [0.25, 0.3) is 0 Å². The van der Waals surface area contributed by atoms with Crippen molar-refractivity contribution in [2.45, 2.75) is 34.2 Å². The summed E-state index contributed by atoms with van der Waals surface area (Å²) in [7, 11) is 0. The van der Waals surface area contributed by atoms with Gasteiger partial charge in [-0.25, -0.2) is 0 Å². The molecule has 0 aromatic heterocycles. The third-order valence-corrected chi connectivity index (χ3v) is 4.54. The number of rotatable bonds is 4. The highest BCUT2D eigenvalue weighted by Crippen LogP contribution is 2.33. The fourth-order valence-corrected chi connectivity index (χ4v) is 2.74.